The lowest BCUT2D eigenvalue weighted by atomic mass is 10.3. The molecule has 0 spiro atoms. The molecule has 1 aromatic rings. The molecule has 74 valence electrons. The number of para-hydroxylation sites is 1. The Bertz CT molecular complexity index is 319. The van der Waals surface area contributed by atoms with Gasteiger partial charge in [-0.25, -0.2) is 0 Å². The minimum absolute atomic E-state index is 0.592. The van der Waals surface area contributed by atoms with Crippen molar-refractivity contribution in [2.45, 2.75) is 6.92 Å². The molecule has 0 aliphatic heterocycles. The van der Waals surface area contributed by atoms with Crippen LogP contribution in [-0.4, -0.2) is 10.9 Å². The summed E-state index contributed by atoms with van der Waals surface area (Å²) in [4.78, 5) is 1.97. The Morgan fingerprint density at radius 2 is 2.07 bits per heavy atom. The predicted octanol–water partition coefficient (Wildman–Crippen LogP) is 3.28. The highest BCUT2D eigenvalue weighted by molar-refractivity contribution is 8.11. The van der Waals surface area contributed by atoms with Gasteiger partial charge in [-0.3, -0.25) is 0 Å². The Labute approximate surface area is 95.8 Å². The largest absolute Gasteiger partial charge is 0.324 e. The summed E-state index contributed by atoms with van der Waals surface area (Å²) in [5.74, 6) is 0. The van der Waals surface area contributed by atoms with E-state index in [1.807, 2.05) is 48.2 Å². The SMILES string of the molecule is CC=CCN(C(=S)S)c1ccccc1. The first kappa shape index (κ1) is 11.3. The fraction of sp³-hybridized carbons (Fsp3) is 0.182. The molecule has 0 bridgehead atoms. The second-order valence-corrected chi connectivity index (χ2v) is 3.91. The highest BCUT2D eigenvalue weighted by Gasteiger charge is 2.05. The zero-order valence-corrected chi connectivity index (χ0v) is 9.76. The van der Waals surface area contributed by atoms with Gasteiger partial charge in [0.25, 0.3) is 0 Å². The fourth-order valence-electron chi connectivity index (χ4n) is 1.11. The van der Waals surface area contributed by atoms with E-state index in [1.165, 1.54) is 0 Å². The molecule has 0 fully saturated rings. The summed E-state index contributed by atoms with van der Waals surface area (Å²) in [5, 5.41) is 0. The molecule has 0 radical (unpaired) electrons. The molecule has 0 N–H and O–H groups in total. The van der Waals surface area contributed by atoms with E-state index in [0.717, 1.165) is 12.2 Å². The van der Waals surface area contributed by atoms with Crippen LogP contribution in [-0.2, 0) is 0 Å². The summed E-state index contributed by atoms with van der Waals surface area (Å²) in [7, 11) is 0. The highest BCUT2D eigenvalue weighted by atomic mass is 32.1. The average molecular weight is 223 g/mol. The standard InChI is InChI=1S/C11H13NS2/c1-2-3-9-12(11(13)14)10-7-5-4-6-8-10/h2-8H,9H2,1H3,(H,13,14). The number of hydrogen-bond donors (Lipinski definition) is 1. The number of allylic oxidation sites excluding steroid dienone is 1. The molecular formula is C11H13NS2. The molecule has 0 aliphatic rings. The average Bonchev–Trinajstić information content (AvgIpc) is 2.19. The molecular weight excluding hydrogens is 210 g/mol. The number of benzene rings is 1. The molecule has 0 atom stereocenters. The molecule has 0 saturated carbocycles. The molecule has 0 aromatic heterocycles. The summed E-state index contributed by atoms with van der Waals surface area (Å²) >= 11 is 9.27. The number of nitrogens with zero attached hydrogens (tertiary/aromatic N) is 1. The minimum atomic E-state index is 0.592. The first-order valence-electron chi connectivity index (χ1n) is 4.42. The van der Waals surface area contributed by atoms with Crippen molar-refractivity contribution in [1.29, 1.82) is 0 Å². The lowest BCUT2D eigenvalue weighted by Crippen LogP contribution is -2.25. The van der Waals surface area contributed by atoms with Crippen LogP contribution in [0, 0.1) is 0 Å². The van der Waals surface area contributed by atoms with Crippen molar-refractivity contribution < 1.29 is 0 Å². The summed E-state index contributed by atoms with van der Waals surface area (Å²) < 4.78 is 0.592. The van der Waals surface area contributed by atoms with Crippen LogP contribution in [0.15, 0.2) is 42.5 Å². The van der Waals surface area contributed by atoms with Gasteiger partial charge in [0.1, 0.15) is 4.32 Å². The Hall–Kier alpha value is -0.800. The molecule has 0 aliphatic carbocycles. The van der Waals surface area contributed by atoms with E-state index in [0.29, 0.717) is 4.32 Å². The van der Waals surface area contributed by atoms with Crippen molar-refractivity contribution in [2.24, 2.45) is 0 Å². The molecule has 3 heteroatoms. The van der Waals surface area contributed by atoms with Crippen LogP contribution in [0.25, 0.3) is 0 Å². The van der Waals surface area contributed by atoms with E-state index in [-0.39, 0.29) is 0 Å². The minimum Gasteiger partial charge on any atom is -0.324 e. The van der Waals surface area contributed by atoms with Crippen LogP contribution in [0.5, 0.6) is 0 Å². The second-order valence-electron chi connectivity index (χ2n) is 2.80. The van der Waals surface area contributed by atoms with Crippen molar-refractivity contribution in [2.75, 3.05) is 11.4 Å². The molecule has 0 saturated heterocycles. The Kier molecular flexibility index (Phi) is 4.70. The number of thiol groups is 1. The molecule has 1 aromatic carbocycles. The van der Waals surface area contributed by atoms with Gasteiger partial charge in [0.2, 0.25) is 0 Å². The van der Waals surface area contributed by atoms with E-state index in [4.69, 9.17) is 12.2 Å². The zero-order valence-electron chi connectivity index (χ0n) is 8.05. The molecule has 1 rings (SSSR count). The Balaban J connectivity index is 2.83. The number of anilines is 1. The lowest BCUT2D eigenvalue weighted by Gasteiger charge is -2.20. The van der Waals surface area contributed by atoms with Crippen LogP contribution in [0.2, 0.25) is 0 Å². The van der Waals surface area contributed by atoms with Crippen molar-refractivity contribution in [3.05, 3.63) is 42.5 Å². The van der Waals surface area contributed by atoms with E-state index < -0.39 is 0 Å². The summed E-state index contributed by atoms with van der Waals surface area (Å²) in [6.07, 6.45) is 4.05. The highest BCUT2D eigenvalue weighted by Crippen LogP contribution is 2.15. The van der Waals surface area contributed by atoms with Gasteiger partial charge in [0.05, 0.1) is 0 Å². The maximum absolute atomic E-state index is 5.07. The van der Waals surface area contributed by atoms with Gasteiger partial charge in [0, 0.05) is 12.2 Å². The van der Waals surface area contributed by atoms with Crippen LogP contribution in [0.4, 0.5) is 5.69 Å². The van der Waals surface area contributed by atoms with Gasteiger partial charge < -0.3 is 4.90 Å². The third-order valence-electron chi connectivity index (χ3n) is 1.82. The molecule has 0 heterocycles. The van der Waals surface area contributed by atoms with Gasteiger partial charge in [-0.1, -0.05) is 42.6 Å². The van der Waals surface area contributed by atoms with E-state index in [2.05, 4.69) is 18.7 Å². The first-order chi connectivity index (χ1) is 6.75. The van der Waals surface area contributed by atoms with Crippen molar-refractivity contribution in [1.82, 2.24) is 0 Å². The predicted molar refractivity (Wildman–Crippen MR) is 70.2 cm³/mol. The lowest BCUT2D eigenvalue weighted by molar-refractivity contribution is 1.17. The summed E-state index contributed by atoms with van der Waals surface area (Å²) in [6, 6.07) is 10.0. The van der Waals surface area contributed by atoms with E-state index in [9.17, 15) is 0 Å². The molecule has 14 heavy (non-hydrogen) atoms. The third-order valence-corrected chi connectivity index (χ3v) is 2.28. The molecule has 0 unspecified atom stereocenters. The van der Waals surface area contributed by atoms with Crippen LogP contribution < -0.4 is 4.90 Å². The number of thiocarbonyl (C=S) groups is 1. The molecule has 1 nitrogen and oxygen atoms in total. The Morgan fingerprint density at radius 1 is 1.43 bits per heavy atom. The normalized spacial score (nSPS) is 10.4. The molecule has 0 amide bonds. The maximum atomic E-state index is 5.07. The monoisotopic (exact) mass is 223 g/mol. The maximum Gasteiger partial charge on any atom is 0.138 e. The van der Waals surface area contributed by atoms with Crippen LogP contribution in [0.3, 0.4) is 0 Å². The van der Waals surface area contributed by atoms with Gasteiger partial charge in [-0.05, 0) is 19.1 Å². The Morgan fingerprint density at radius 3 is 2.57 bits per heavy atom. The summed E-state index contributed by atoms with van der Waals surface area (Å²) in [5.41, 5.74) is 1.07. The van der Waals surface area contributed by atoms with Crippen molar-refractivity contribution in [3.63, 3.8) is 0 Å². The number of rotatable bonds is 3. The zero-order chi connectivity index (χ0) is 10.4. The van der Waals surface area contributed by atoms with Crippen LogP contribution in [0.1, 0.15) is 6.92 Å². The quantitative estimate of drug-likeness (QED) is 0.476. The van der Waals surface area contributed by atoms with Gasteiger partial charge in [-0.15, -0.1) is 12.6 Å². The van der Waals surface area contributed by atoms with Crippen molar-refractivity contribution >= 4 is 34.9 Å². The fourth-order valence-corrected chi connectivity index (χ4v) is 1.49. The van der Waals surface area contributed by atoms with Gasteiger partial charge in [0.15, 0.2) is 0 Å². The van der Waals surface area contributed by atoms with Crippen LogP contribution >= 0.6 is 24.8 Å². The van der Waals surface area contributed by atoms with Crippen molar-refractivity contribution in [3.8, 4) is 0 Å². The third kappa shape index (κ3) is 3.16. The van der Waals surface area contributed by atoms with E-state index >= 15 is 0 Å². The first-order valence-corrected chi connectivity index (χ1v) is 5.28. The van der Waals surface area contributed by atoms with E-state index in [1.54, 1.807) is 0 Å². The topological polar surface area (TPSA) is 3.24 Å². The second kappa shape index (κ2) is 5.83. The number of hydrogen-bond acceptors (Lipinski definition) is 1. The van der Waals surface area contributed by atoms with Gasteiger partial charge >= 0.3 is 0 Å². The smallest absolute Gasteiger partial charge is 0.138 e. The van der Waals surface area contributed by atoms with Gasteiger partial charge in [-0.2, -0.15) is 0 Å². The summed E-state index contributed by atoms with van der Waals surface area (Å²) in [6.45, 7) is 2.76.